The Morgan fingerprint density at radius 3 is 1.45 bits per heavy atom. The van der Waals surface area contributed by atoms with E-state index in [1.165, 1.54) is 78.2 Å². The van der Waals surface area contributed by atoms with Gasteiger partial charge in [0.05, 0.1) is 33.8 Å². The number of aryl methyl sites for hydroxylation is 2. The third-order valence-corrected chi connectivity index (χ3v) is 8.39. The molecule has 2 aliphatic heterocycles. The number of benzene rings is 4. The van der Waals surface area contributed by atoms with Gasteiger partial charge in [0.15, 0.2) is 0 Å². The van der Waals surface area contributed by atoms with Crippen LogP contribution in [0.15, 0.2) is 97.1 Å². The van der Waals surface area contributed by atoms with Crippen LogP contribution in [-0.2, 0) is 0 Å². The zero-order valence-corrected chi connectivity index (χ0v) is 22.7. The lowest BCUT2D eigenvalue weighted by Gasteiger charge is -2.17. The lowest BCUT2D eigenvalue weighted by molar-refractivity contribution is 1.09. The monoisotopic (exact) mass is 518 g/mol. The van der Waals surface area contributed by atoms with Crippen molar-refractivity contribution in [3.63, 3.8) is 0 Å². The standard InChI is InChI=1S/C36H30N4/c1-23-21-25(39-31-11-5-3-9-29(31)35-33(39)13-7-19-37-35)15-17-27(23)28-18-16-26(22-24(28)2)40-32-12-6-4-10-30(32)36-34(40)14-8-20-38-36/h3-18,21-22,37-38H,19-20H2,1-2H3. The van der Waals surface area contributed by atoms with E-state index in [4.69, 9.17) is 0 Å². The summed E-state index contributed by atoms with van der Waals surface area (Å²) in [6.07, 6.45) is 8.88. The molecule has 0 radical (unpaired) electrons. The predicted octanol–water partition coefficient (Wildman–Crippen LogP) is 8.74. The van der Waals surface area contributed by atoms with Crippen molar-refractivity contribution in [3.05, 3.63) is 120 Å². The lowest BCUT2D eigenvalue weighted by Crippen LogP contribution is -2.06. The summed E-state index contributed by atoms with van der Waals surface area (Å²) in [5.74, 6) is 0. The molecule has 0 saturated heterocycles. The van der Waals surface area contributed by atoms with Gasteiger partial charge < -0.3 is 19.8 Å². The van der Waals surface area contributed by atoms with Gasteiger partial charge in [0, 0.05) is 35.2 Å². The van der Waals surface area contributed by atoms with Crippen LogP contribution in [0.2, 0.25) is 0 Å². The number of nitrogens with one attached hydrogen (secondary N) is 2. The highest BCUT2D eigenvalue weighted by Gasteiger charge is 2.20. The van der Waals surface area contributed by atoms with E-state index in [0.717, 1.165) is 13.1 Å². The molecule has 0 bridgehead atoms. The number of aromatic nitrogens is 2. The molecule has 0 atom stereocenters. The highest BCUT2D eigenvalue weighted by molar-refractivity contribution is 6.01. The van der Waals surface area contributed by atoms with Gasteiger partial charge in [-0.25, -0.2) is 0 Å². The number of nitrogens with zero attached hydrogens (tertiary/aromatic N) is 2. The number of hydrogen-bond donors (Lipinski definition) is 2. The molecule has 194 valence electrons. The van der Waals surface area contributed by atoms with Crippen LogP contribution >= 0.6 is 0 Å². The molecule has 4 heterocycles. The van der Waals surface area contributed by atoms with Gasteiger partial charge in [-0.1, -0.05) is 60.7 Å². The first kappa shape index (κ1) is 23.0. The van der Waals surface area contributed by atoms with E-state index in [2.05, 4.69) is 143 Å². The molecule has 0 spiro atoms. The Balaban J connectivity index is 1.23. The fourth-order valence-corrected chi connectivity index (χ4v) is 6.60. The minimum atomic E-state index is 0.864. The second kappa shape index (κ2) is 8.78. The minimum absolute atomic E-state index is 0.864. The second-order valence-electron chi connectivity index (χ2n) is 10.8. The van der Waals surface area contributed by atoms with Gasteiger partial charge in [0.2, 0.25) is 0 Å². The Morgan fingerprint density at radius 1 is 0.550 bits per heavy atom. The van der Waals surface area contributed by atoms with Crippen LogP contribution in [0.4, 0.5) is 11.4 Å². The van der Waals surface area contributed by atoms with Crippen LogP contribution in [0.3, 0.4) is 0 Å². The van der Waals surface area contributed by atoms with Crippen molar-refractivity contribution >= 4 is 45.3 Å². The maximum absolute atomic E-state index is 3.58. The van der Waals surface area contributed by atoms with Crippen molar-refractivity contribution in [3.8, 4) is 22.5 Å². The summed E-state index contributed by atoms with van der Waals surface area (Å²) >= 11 is 0. The van der Waals surface area contributed by atoms with E-state index in [-0.39, 0.29) is 0 Å². The molecule has 2 aliphatic rings. The molecule has 40 heavy (non-hydrogen) atoms. The molecule has 2 N–H and O–H groups in total. The third-order valence-electron chi connectivity index (χ3n) is 8.39. The molecule has 4 heteroatoms. The van der Waals surface area contributed by atoms with Crippen LogP contribution in [0.5, 0.6) is 0 Å². The summed E-state index contributed by atoms with van der Waals surface area (Å²) in [6.45, 7) is 6.18. The van der Waals surface area contributed by atoms with Gasteiger partial charge in [-0.2, -0.15) is 0 Å². The zero-order valence-electron chi connectivity index (χ0n) is 22.7. The molecular formula is C36H30N4. The Kier molecular flexibility index (Phi) is 5.05. The van der Waals surface area contributed by atoms with Crippen molar-refractivity contribution in [2.24, 2.45) is 0 Å². The topological polar surface area (TPSA) is 33.9 Å². The Hall–Kier alpha value is -4.96. The number of anilines is 2. The summed E-state index contributed by atoms with van der Waals surface area (Å²) < 4.78 is 4.75. The molecule has 0 aliphatic carbocycles. The van der Waals surface area contributed by atoms with Crippen LogP contribution in [0.25, 0.3) is 56.5 Å². The average molecular weight is 519 g/mol. The number of hydrogen-bond acceptors (Lipinski definition) is 2. The SMILES string of the molecule is Cc1cc(-n2c3c(c4ccccc42)NCC=C3)ccc1-c1ccc(-n2c3c(c4ccccc42)NCC=C3)cc1C. The number of fused-ring (bicyclic) bond motifs is 6. The number of para-hydroxylation sites is 2. The first-order valence-corrected chi connectivity index (χ1v) is 14.0. The molecule has 0 unspecified atom stereocenters. The molecule has 6 aromatic rings. The molecule has 4 aromatic carbocycles. The highest BCUT2D eigenvalue weighted by atomic mass is 15.1. The molecule has 0 amide bonds. The van der Waals surface area contributed by atoms with E-state index in [9.17, 15) is 0 Å². The molecule has 8 rings (SSSR count). The van der Waals surface area contributed by atoms with E-state index < -0.39 is 0 Å². The summed E-state index contributed by atoms with van der Waals surface area (Å²) in [5.41, 5.74) is 14.8. The molecule has 4 nitrogen and oxygen atoms in total. The van der Waals surface area contributed by atoms with Gasteiger partial charge in [-0.05, 0) is 84.7 Å². The van der Waals surface area contributed by atoms with Crippen LogP contribution in [-0.4, -0.2) is 22.2 Å². The minimum Gasteiger partial charge on any atom is -0.379 e. The maximum atomic E-state index is 3.58. The molecule has 2 aromatic heterocycles. The van der Waals surface area contributed by atoms with Gasteiger partial charge in [-0.3, -0.25) is 0 Å². The lowest BCUT2D eigenvalue weighted by atomic mass is 9.95. The second-order valence-corrected chi connectivity index (χ2v) is 10.8. The smallest absolute Gasteiger partial charge is 0.0698 e. The summed E-state index contributed by atoms with van der Waals surface area (Å²) in [5, 5.41) is 9.70. The third kappa shape index (κ3) is 3.32. The van der Waals surface area contributed by atoms with Crippen molar-refractivity contribution < 1.29 is 0 Å². The predicted molar refractivity (Wildman–Crippen MR) is 170 cm³/mol. The van der Waals surface area contributed by atoms with Crippen LogP contribution in [0.1, 0.15) is 22.5 Å². The van der Waals surface area contributed by atoms with E-state index in [1.807, 2.05) is 0 Å². The fourth-order valence-electron chi connectivity index (χ4n) is 6.60. The van der Waals surface area contributed by atoms with Gasteiger partial charge in [-0.15, -0.1) is 0 Å². The molecule has 0 saturated carbocycles. The first-order chi connectivity index (χ1) is 19.7. The Bertz CT molecular complexity index is 1880. The van der Waals surface area contributed by atoms with E-state index >= 15 is 0 Å². The molecule has 0 fully saturated rings. The van der Waals surface area contributed by atoms with Gasteiger partial charge >= 0.3 is 0 Å². The maximum Gasteiger partial charge on any atom is 0.0698 e. The van der Waals surface area contributed by atoms with Gasteiger partial charge in [0.1, 0.15) is 0 Å². The largest absolute Gasteiger partial charge is 0.379 e. The van der Waals surface area contributed by atoms with Crippen molar-refractivity contribution in [2.45, 2.75) is 13.8 Å². The quantitative estimate of drug-likeness (QED) is 0.246. The van der Waals surface area contributed by atoms with Crippen molar-refractivity contribution in [1.82, 2.24) is 9.13 Å². The van der Waals surface area contributed by atoms with Gasteiger partial charge in [0.25, 0.3) is 0 Å². The van der Waals surface area contributed by atoms with Crippen LogP contribution in [0, 0.1) is 13.8 Å². The summed E-state index contributed by atoms with van der Waals surface area (Å²) in [7, 11) is 0. The zero-order chi connectivity index (χ0) is 26.8. The normalized spacial score (nSPS) is 13.8. The first-order valence-electron chi connectivity index (χ1n) is 14.0. The van der Waals surface area contributed by atoms with E-state index in [1.54, 1.807) is 0 Å². The van der Waals surface area contributed by atoms with E-state index in [0.29, 0.717) is 0 Å². The molecular weight excluding hydrogens is 488 g/mol. The average Bonchev–Trinajstić information content (AvgIpc) is 3.51. The van der Waals surface area contributed by atoms with Crippen molar-refractivity contribution in [2.75, 3.05) is 23.7 Å². The fraction of sp³-hybridized carbons (Fsp3) is 0.111. The summed E-state index contributed by atoms with van der Waals surface area (Å²) in [4.78, 5) is 0. The Morgan fingerprint density at radius 2 is 1.00 bits per heavy atom. The summed E-state index contributed by atoms with van der Waals surface area (Å²) in [6, 6.07) is 31.1. The van der Waals surface area contributed by atoms with Crippen LogP contribution < -0.4 is 10.6 Å². The Labute approximate surface area is 233 Å². The van der Waals surface area contributed by atoms with Crippen molar-refractivity contribution in [1.29, 1.82) is 0 Å². The highest BCUT2D eigenvalue weighted by Crippen LogP contribution is 2.39. The number of rotatable bonds is 3.